The third-order valence-electron chi connectivity index (χ3n) is 4.19. The average molecular weight is 316 g/mol. The summed E-state index contributed by atoms with van der Waals surface area (Å²) in [5.74, 6) is -0.349. The van der Waals surface area contributed by atoms with E-state index in [1.54, 1.807) is 24.3 Å². The van der Waals surface area contributed by atoms with Gasteiger partial charge < -0.3 is 10.2 Å². The van der Waals surface area contributed by atoms with Crippen LogP contribution in [-0.4, -0.2) is 48.3 Å². The lowest BCUT2D eigenvalue weighted by Gasteiger charge is -2.34. The number of hydrogen-bond acceptors (Lipinski definition) is 4. The summed E-state index contributed by atoms with van der Waals surface area (Å²) in [6.07, 6.45) is 0.414. The number of hydrogen-bond donors (Lipinski definition) is 2. The Bertz CT molecular complexity index is 629. The molecule has 2 fully saturated rings. The molecule has 0 spiro atoms. The zero-order chi connectivity index (χ0) is 16.4. The van der Waals surface area contributed by atoms with Crippen LogP contribution >= 0.6 is 0 Å². The van der Waals surface area contributed by atoms with E-state index >= 15 is 0 Å². The van der Waals surface area contributed by atoms with Crippen LogP contribution in [0.5, 0.6) is 0 Å². The lowest BCUT2D eigenvalue weighted by atomic mass is 10.1. The van der Waals surface area contributed by atoms with Crippen molar-refractivity contribution in [2.45, 2.75) is 25.8 Å². The second-order valence-electron chi connectivity index (χ2n) is 5.86. The standard InChI is InChI=1S/C16H20N4O3/c1-11-10-17-8-9-19(11)16(23)12-2-4-13(5-3-12)20-15(22)7-6-14(21)18-20/h2-5,11,17H,6-10H2,1H3,(H,18,21). The first kappa shape index (κ1) is 15.5. The lowest BCUT2D eigenvalue weighted by molar-refractivity contribution is -0.130. The van der Waals surface area contributed by atoms with Crippen molar-refractivity contribution in [2.24, 2.45) is 0 Å². The van der Waals surface area contributed by atoms with E-state index in [1.165, 1.54) is 5.01 Å². The predicted molar refractivity (Wildman–Crippen MR) is 84.7 cm³/mol. The molecule has 2 N–H and O–H groups in total. The van der Waals surface area contributed by atoms with E-state index in [9.17, 15) is 14.4 Å². The first-order chi connectivity index (χ1) is 11.1. The van der Waals surface area contributed by atoms with Crippen LogP contribution in [0, 0.1) is 0 Å². The van der Waals surface area contributed by atoms with Crippen LogP contribution in [0.25, 0.3) is 0 Å². The maximum atomic E-state index is 12.6. The Morgan fingerprint density at radius 1 is 1.17 bits per heavy atom. The van der Waals surface area contributed by atoms with E-state index in [0.29, 0.717) is 17.8 Å². The van der Waals surface area contributed by atoms with Gasteiger partial charge in [-0.2, -0.15) is 0 Å². The number of hydrazine groups is 1. The summed E-state index contributed by atoms with van der Waals surface area (Å²) in [7, 11) is 0. The number of anilines is 1. The minimum Gasteiger partial charge on any atom is -0.333 e. The van der Waals surface area contributed by atoms with Crippen molar-refractivity contribution in [2.75, 3.05) is 24.6 Å². The van der Waals surface area contributed by atoms with Crippen LogP contribution < -0.4 is 15.8 Å². The molecule has 0 aliphatic carbocycles. The highest BCUT2D eigenvalue weighted by Gasteiger charge is 2.26. The Kier molecular flexibility index (Phi) is 4.29. The highest BCUT2D eigenvalue weighted by atomic mass is 16.2. The molecular formula is C16H20N4O3. The molecule has 2 aliphatic heterocycles. The van der Waals surface area contributed by atoms with Crippen molar-refractivity contribution in [3.63, 3.8) is 0 Å². The molecular weight excluding hydrogens is 296 g/mol. The summed E-state index contributed by atoms with van der Waals surface area (Å²) in [6, 6.07) is 6.91. The molecule has 7 heteroatoms. The Hall–Kier alpha value is -2.41. The summed E-state index contributed by atoms with van der Waals surface area (Å²) < 4.78 is 0. The van der Waals surface area contributed by atoms with E-state index in [4.69, 9.17) is 0 Å². The third-order valence-corrected chi connectivity index (χ3v) is 4.19. The van der Waals surface area contributed by atoms with Gasteiger partial charge in [-0.3, -0.25) is 19.8 Å². The predicted octanol–water partition coefficient (Wildman–Crippen LogP) is 0.278. The normalized spacial score (nSPS) is 22.0. The number of carbonyl (C=O) groups is 3. The Morgan fingerprint density at radius 2 is 1.91 bits per heavy atom. The molecule has 1 aromatic rings. The van der Waals surface area contributed by atoms with Crippen molar-refractivity contribution < 1.29 is 14.4 Å². The molecule has 0 bridgehead atoms. The average Bonchev–Trinajstić information content (AvgIpc) is 2.57. The van der Waals surface area contributed by atoms with Gasteiger partial charge >= 0.3 is 0 Å². The molecule has 23 heavy (non-hydrogen) atoms. The molecule has 7 nitrogen and oxygen atoms in total. The molecule has 122 valence electrons. The zero-order valence-corrected chi connectivity index (χ0v) is 13.0. The molecule has 1 unspecified atom stereocenters. The molecule has 1 aromatic carbocycles. The topological polar surface area (TPSA) is 81.8 Å². The fourth-order valence-electron chi connectivity index (χ4n) is 2.85. The quantitative estimate of drug-likeness (QED) is 0.821. The molecule has 3 rings (SSSR count). The van der Waals surface area contributed by atoms with Gasteiger partial charge in [-0.15, -0.1) is 0 Å². The Balaban J connectivity index is 1.75. The van der Waals surface area contributed by atoms with Crippen LogP contribution in [0.15, 0.2) is 24.3 Å². The number of benzene rings is 1. The number of carbonyl (C=O) groups excluding carboxylic acids is 3. The smallest absolute Gasteiger partial charge is 0.254 e. The van der Waals surface area contributed by atoms with E-state index in [2.05, 4.69) is 10.7 Å². The lowest BCUT2D eigenvalue weighted by Crippen LogP contribution is -2.52. The van der Waals surface area contributed by atoms with E-state index in [1.807, 2.05) is 11.8 Å². The Labute approximate surface area is 134 Å². The molecule has 0 saturated carbocycles. The summed E-state index contributed by atoms with van der Waals surface area (Å²) in [5, 5.41) is 4.50. The maximum Gasteiger partial charge on any atom is 0.254 e. The SMILES string of the molecule is CC1CNCCN1C(=O)c1ccc(N2NC(=O)CCC2=O)cc1. The summed E-state index contributed by atoms with van der Waals surface area (Å²) in [6.45, 7) is 4.28. The number of nitrogens with one attached hydrogen (secondary N) is 2. The first-order valence-electron chi connectivity index (χ1n) is 7.80. The van der Waals surface area contributed by atoms with Gasteiger partial charge in [-0.1, -0.05) is 0 Å². The molecule has 2 heterocycles. The van der Waals surface area contributed by atoms with Crippen LogP contribution in [0.2, 0.25) is 0 Å². The van der Waals surface area contributed by atoms with Gasteiger partial charge in [0.15, 0.2) is 0 Å². The fourth-order valence-corrected chi connectivity index (χ4v) is 2.85. The molecule has 2 aliphatic rings. The molecule has 0 aromatic heterocycles. The van der Waals surface area contributed by atoms with Crippen LogP contribution in [0.4, 0.5) is 5.69 Å². The van der Waals surface area contributed by atoms with Crippen LogP contribution in [0.3, 0.4) is 0 Å². The molecule has 3 amide bonds. The van der Waals surface area contributed by atoms with Crippen molar-refractivity contribution in [3.05, 3.63) is 29.8 Å². The van der Waals surface area contributed by atoms with Gasteiger partial charge in [-0.25, -0.2) is 5.01 Å². The van der Waals surface area contributed by atoms with E-state index < -0.39 is 0 Å². The van der Waals surface area contributed by atoms with Crippen molar-refractivity contribution in [3.8, 4) is 0 Å². The fraction of sp³-hybridized carbons (Fsp3) is 0.438. The van der Waals surface area contributed by atoms with Crippen LogP contribution in [0.1, 0.15) is 30.1 Å². The number of rotatable bonds is 2. The highest BCUT2D eigenvalue weighted by molar-refractivity contribution is 6.01. The summed E-state index contributed by atoms with van der Waals surface area (Å²) >= 11 is 0. The van der Waals surface area contributed by atoms with Gasteiger partial charge in [0.05, 0.1) is 5.69 Å². The minimum absolute atomic E-state index is 0.0143. The monoisotopic (exact) mass is 316 g/mol. The minimum atomic E-state index is -0.181. The van der Waals surface area contributed by atoms with Crippen molar-refractivity contribution in [1.82, 2.24) is 15.6 Å². The zero-order valence-electron chi connectivity index (χ0n) is 13.0. The summed E-state index contributed by atoms with van der Waals surface area (Å²) in [5.41, 5.74) is 3.69. The third kappa shape index (κ3) is 3.19. The first-order valence-corrected chi connectivity index (χ1v) is 7.80. The van der Waals surface area contributed by atoms with Gasteiger partial charge in [0, 0.05) is 44.1 Å². The van der Waals surface area contributed by atoms with Gasteiger partial charge in [0.25, 0.3) is 5.91 Å². The Morgan fingerprint density at radius 3 is 2.61 bits per heavy atom. The van der Waals surface area contributed by atoms with Gasteiger partial charge in [0.1, 0.15) is 0 Å². The van der Waals surface area contributed by atoms with Crippen LogP contribution in [-0.2, 0) is 9.59 Å². The largest absolute Gasteiger partial charge is 0.333 e. The number of piperazine rings is 1. The van der Waals surface area contributed by atoms with Gasteiger partial charge in [0.2, 0.25) is 11.8 Å². The highest BCUT2D eigenvalue weighted by Crippen LogP contribution is 2.19. The van der Waals surface area contributed by atoms with Crippen molar-refractivity contribution >= 4 is 23.4 Å². The van der Waals surface area contributed by atoms with Crippen molar-refractivity contribution in [1.29, 1.82) is 0 Å². The van der Waals surface area contributed by atoms with E-state index in [-0.39, 0.29) is 36.6 Å². The molecule has 1 atom stereocenters. The second-order valence-corrected chi connectivity index (χ2v) is 5.86. The number of nitrogens with zero attached hydrogens (tertiary/aromatic N) is 2. The van der Waals surface area contributed by atoms with Gasteiger partial charge in [-0.05, 0) is 31.2 Å². The van der Waals surface area contributed by atoms with E-state index in [0.717, 1.165) is 13.1 Å². The maximum absolute atomic E-state index is 12.6. The molecule has 0 radical (unpaired) electrons. The number of amides is 3. The molecule has 2 saturated heterocycles. The second kappa shape index (κ2) is 6.37. The summed E-state index contributed by atoms with van der Waals surface area (Å²) in [4.78, 5) is 37.7.